The zero-order valence-electron chi connectivity index (χ0n) is 18.4. The summed E-state index contributed by atoms with van der Waals surface area (Å²) in [5.74, 6) is -0.330. The molecule has 0 atom stereocenters. The van der Waals surface area contributed by atoms with E-state index in [4.69, 9.17) is 0 Å². The number of aromatic nitrogens is 1. The highest BCUT2D eigenvalue weighted by atomic mass is 32.2. The molecule has 4 rings (SSSR count). The molecule has 0 radical (unpaired) electrons. The minimum absolute atomic E-state index is 0.0442. The summed E-state index contributed by atoms with van der Waals surface area (Å²) in [7, 11) is -4.07. The third-order valence-electron chi connectivity index (χ3n) is 5.54. The first kappa shape index (κ1) is 22.5. The van der Waals surface area contributed by atoms with E-state index < -0.39 is 15.3 Å². The summed E-state index contributed by atoms with van der Waals surface area (Å²) in [6.45, 7) is 3.79. The molecule has 1 N–H and O–H groups in total. The molecule has 0 aliphatic heterocycles. The van der Waals surface area contributed by atoms with Crippen LogP contribution in [0, 0.1) is 6.92 Å². The number of amides is 1. The molecule has 0 spiro atoms. The van der Waals surface area contributed by atoms with Crippen molar-refractivity contribution in [3.05, 3.63) is 100 Å². The Bertz CT molecular complexity index is 1490. The van der Waals surface area contributed by atoms with Gasteiger partial charge in [-0.05, 0) is 55.3 Å². The van der Waals surface area contributed by atoms with Crippen molar-refractivity contribution in [3.63, 3.8) is 0 Å². The van der Waals surface area contributed by atoms with Crippen LogP contribution < -0.4 is 10.7 Å². The van der Waals surface area contributed by atoms with E-state index in [0.29, 0.717) is 11.2 Å². The first-order chi connectivity index (χ1) is 15.8. The number of para-hydroxylation sites is 1. The smallest absolute Gasteiger partial charge is 0.244 e. The first-order valence-electron chi connectivity index (χ1n) is 10.6. The van der Waals surface area contributed by atoms with Crippen LogP contribution in [0.3, 0.4) is 0 Å². The summed E-state index contributed by atoms with van der Waals surface area (Å²) in [5, 5.41) is 3.05. The van der Waals surface area contributed by atoms with Crippen molar-refractivity contribution in [2.75, 3.05) is 5.32 Å². The van der Waals surface area contributed by atoms with Gasteiger partial charge in [-0.1, -0.05) is 48.9 Å². The summed E-state index contributed by atoms with van der Waals surface area (Å²) in [6, 6.07) is 20.6. The third-order valence-corrected chi connectivity index (χ3v) is 7.30. The average Bonchev–Trinajstić information content (AvgIpc) is 2.82. The number of carbonyl (C=O) groups excluding carboxylic acids is 1. The lowest BCUT2D eigenvalue weighted by molar-refractivity contribution is -0.116. The Hall–Kier alpha value is -3.71. The molecule has 1 amide bonds. The van der Waals surface area contributed by atoms with E-state index in [1.165, 1.54) is 22.9 Å². The zero-order chi connectivity index (χ0) is 23.6. The van der Waals surface area contributed by atoms with E-state index >= 15 is 0 Å². The Morgan fingerprint density at radius 3 is 2.27 bits per heavy atom. The number of aryl methyl sites for hydroxylation is 2. The van der Waals surface area contributed by atoms with Crippen LogP contribution in [-0.4, -0.2) is 18.9 Å². The maximum Gasteiger partial charge on any atom is 0.244 e. The Morgan fingerprint density at radius 2 is 1.61 bits per heavy atom. The molecule has 4 aromatic rings. The van der Waals surface area contributed by atoms with E-state index in [1.54, 1.807) is 48.5 Å². The van der Waals surface area contributed by atoms with E-state index in [2.05, 4.69) is 5.32 Å². The molecule has 0 aliphatic rings. The first-order valence-corrected chi connectivity index (χ1v) is 12.1. The van der Waals surface area contributed by atoms with Gasteiger partial charge in [0.2, 0.25) is 21.2 Å². The number of rotatable bonds is 6. The van der Waals surface area contributed by atoms with Crippen molar-refractivity contribution >= 4 is 32.3 Å². The predicted molar refractivity (Wildman–Crippen MR) is 129 cm³/mol. The lowest BCUT2D eigenvalue weighted by atomic mass is 10.2. The van der Waals surface area contributed by atoms with Crippen LogP contribution in [0.2, 0.25) is 0 Å². The zero-order valence-corrected chi connectivity index (χ0v) is 19.2. The van der Waals surface area contributed by atoms with Gasteiger partial charge in [0.1, 0.15) is 11.4 Å². The number of anilines is 1. The van der Waals surface area contributed by atoms with Gasteiger partial charge < -0.3 is 9.88 Å². The molecule has 0 aliphatic carbocycles. The summed E-state index contributed by atoms with van der Waals surface area (Å²) < 4.78 is 28.2. The normalized spacial score (nSPS) is 11.5. The van der Waals surface area contributed by atoms with Crippen molar-refractivity contribution in [1.82, 2.24) is 4.57 Å². The number of carbonyl (C=O) groups is 1. The minimum atomic E-state index is -4.07. The van der Waals surface area contributed by atoms with Crippen molar-refractivity contribution < 1.29 is 13.2 Å². The van der Waals surface area contributed by atoms with Gasteiger partial charge in [0.15, 0.2) is 0 Å². The summed E-state index contributed by atoms with van der Waals surface area (Å²) in [5.41, 5.74) is 2.61. The number of fused-ring (bicyclic) bond motifs is 1. The van der Waals surface area contributed by atoms with Gasteiger partial charge in [0.25, 0.3) is 0 Å². The second kappa shape index (κ2) is 9.03. The van der Waals surface area contributed by atoms with Gasteiger partial charge in [-0.25, -0.2) is 8.42 Å². The number of nitrogens with one attached hydrogen (secondary N) is 1. The van der Waals surface area contributed by atoms with Crippen molar-refractivity contribution in [1.29, 1.82) is 0 Å². The molecule has 0 saturated heterocycles. The van der Waals surface area contributed by atoms with Crippen LogP contribution in [0.1, 0.15) is 18.1 Å². The monoisotopic (exact) mass is 460 g/mol. The number of benzene rings is 3. The molecular weight excluding hydrogens is 436 g/mol. The summed E-state index contributed by atoms with van der Waals surface area (Å²) >= 11 is 0. The molecule has 7 heteroatoms. The minimum Gasteiger partial charge on any atom is -0.336 e. The largest absolute Gasteiger partial charge is 0.336 e. The summed E-state index contributed by atoms with van der Waals surface area (Å²) in [6.07, 6.45) is 2.04. The summed E-state index contributed by atoms with van der Waals surface area (Å²) in [4.78, 5) is 25.6. The topological polar surface area (TPSA) is 85.2 Å². The molecule has 0 bridgehead atoms. The van der Waals surface area contributed by atoms with Crippen molar-refractivity contribution in [3.8, 4) is 0 Å². The van der Waals surface area contributed by atoms with Gasteiger partial charge in [0.05, 0.1) is 10.4 Å². The maximum atomic E-state index is 13.3. The molecule has 6 nitrogen and oxygen atoms in total. The van der Waals surface area contributed by atoms with E-state index in [1.807, 2.05) is 26.0 Å². The highest BCUT2D eigenvalue weighted by Gasteiger charge is 2.24. The molecule has 33 heavy (non-hydrogen) atoms. The van der Waals surface area contributed by atoms with Gasteiger partial charge in [-0.3, -0.25) is 9.59 Å². The molecule has 1 aromatic heterocycles. The van der Waals surface area contributed by atoms with Crippen LogP contribution in [0.5, 0.6) is 0 Å². The van der Waals surface area contributed by atoms with Gasteiger partial charge >= 0.3 is 0 Å². The van der Waals surface area contributed by atoms with Gasteiger partial charge in [-0.2, -0.15) is 0 Å². The number of nitrogens with zero attached hydrogens (tertiary/aromatic N) is 1. The highest BCUT2D eigenvalue weighted by Crippen LogP contribution is 2.22. The second-order valence-electron chi connectivity index (χ2n) is 7.88. The molecule has 0 fully saturated rings. The second-order valence-corrected chi connectivity index (χ2v) is 9.80. The Morgan fingerprint density at radius 1 is 0.939 bits per heavy atom. The van der Waals surface area contributed by atoms with Crippen molar-refractivity contribution in [2.45, 2.75) is 36.6 Å². The number of pyridine rings is 1. The Labute approximate surface area is 192 Å². The van der Waals surface area contributed by atoms with E-state index in [0.717, 1.165) is 17.5 Å². The Balaban J connectivity index is 1.77. The third kappa shape index (κ3) is 4.59. The number of hydrogen-bond acceptors (Lipinski definition) is 4. The van der Waals surface area contributed by atoms with Crippen LogP contribution in [0.15, 0.2) is 93.6 Å². The molecular formula is C26H24N2O4S. The molecule has 0 unspecified atom stereocenters. The fourth-order valence-corrected chi connectivity index (χ4v) is 5.03. The van der Waals surface area contributed by atoms with Crippen molar-refractivity contribution in [2.24, 2.45) is 0 Å². The number of sulfone groups is 1. The molecule has 1 heterocycles. The lowest BCUT2D eigenvalue weighted by Gasteiger charge is -2.14. The van der Waals surface area contributed by atoms with E-state index in [-0.39, 0.29) is 27.6 Å². The quantitative estimate of drug-likeness (QED) is 0.464. The fourth-order valence-electron chi connectivity index (χ4n) is 3.66. The van der Waals surface area contributed by atoms with E-state index in [9.17, 15) is 18.0 Å². The molecule has 3 aromatic carbocycles. The lowest BCUT2D eigenvalue weighted by Crippen LogP contribution is -2.23. The van der Waals surface area contributed by atoms with Gasteiger partial charge in [0, 0.05) is 17.3 Å². The Kier molecular flexibility index (Phi) is 6.16. The predicted octanol–water partition coefficient (Wildman–Crippen LogP) is 4.34. The van der Waals surface area contributed by atoms with Crippen LogP contribution in [0.4, 0.5) is 5.69 Å². The average molecular weight is 461 g/mol. The highest BCUT2D eigenvalue weighted by molar-refractivity contribution is 7.91. The van der Waals surface area contributed by atoms with Crippen LogP contribution in [-0.2, 0) is 27.6 Å². The fraction of sp³-hybridized carbons (Fsp3) is 0.154. The SMILES string of the molecule is CCc1ccc(S(=O)(=O)c2cn(CC(=O)Nc3ccc(C)cc3)c3ccccc3c2=O)cc1. The standard InChI is InChI=1S/C26H24N2O4S/c1-3-19-10-14-21(15-11-19)33(31,32)24-16-28(23-7-5-4-6-22(23)26(24)30)17-25(29)27-20-12-8-18(2)9-13-20/h4-16H,3,17H2,1-2H3,(H,27,29). The van der Waals surface area contributed by atoms with Gasteiger partial charge in [-0.15, -0.1) is 0 Å². The van der Waals surface area contributed by atoms with Crippen LogP contribution >= 0.6 is 0 Å². The number of hydrogen-bond donors (Lipinski definition) is 1. The molecule has 0 saturated carbocycles. The maximum absolute atomic E-state index is 13.3. The van der Waals surface area contributed by atoms with Crippen LogP contribution in [0.25, 0.3) is 10.9 Å². The molecule has 168 valence electrons.